The lowest BCUT2D eigenvalue weighted by Crippen LogP contribution is -2.19. The molecule has 1 heterocycles. The van der Waals surface area contributed by atoms with Gasteiger partial charge in [0.25, 0.3) is 0 Å². The van der Waals surface area contributed by atoms with E-state index in [0.717, 1.165) is 6.42 Å². The van der Waals surface area contributed by atoms with Crippen LogP contribution in [0.3, 0.4) is 0 Å². The van der Waals surface area contributed by atoms with Gasteiger partial charge >= 0.3 is 0 Å². The van der Waals surface area contributed by atoms with Crippen molar-refractivity contribution in [2.45, 2.75) is 33.2 Å². The van der Waals surface area contributed by atoms with Crippen LogP contribution >= 0.6 is 23.2 Å². The summed E-state index contributed by atoms with van der Waals surface area (Å²) in [4.78, 5) is 4.23. The standard InChI is InChI=1S/C11H18Cl2N4/c1-6(2)4-7(3)15-10-8(12)5-9(13)11(16-10)17-14/h5-7H,4,14H2,1-3H3,(H2,15,16,17). The second kappa shape index (κ2) is 6.28. The lowest BCUT2D eigenvalue weighted by atomic mass is 10.1. The molecule has 0 radical (unpaired) electrons. The van der Waals surface area contributed by atoms with Crippen molar-refractivity contribution in [1.82, 2.24) is 4.98 Å². The lowest BCUT2D eigenvalue weighted by molar-refractivity contribution is 0.539. The lowest BCUT2D eigenvalue weighted by Gasteiger charge is -2.18. The first kappa shape index (κ1) is 14.4. The molecular weight excluding hydrogens is 259 g/mol. The predicted molar refractivity (Wildman–Crippen MR) is 74.6 cm³/mol. The SMILES string of the molecule is CC(C)CC(C)Nc1nc(NN)c(Cl)cc1Cl. The monoisotopic (exact) mass is 276 g/mol. The van der Waals surface area contributed by atoms with Crippen molar-refractivity contribution >= 4 is 34.8 Å². The van der Waals surface area contributed by atoms with Gasteiger partial charge in [-0.1, -0.05) is 37.0 Å². The maximum Gasteiger partial charge on any atom is 0.161 e. The number of rotatable bonds is 5. The van der Waals surface area contributed by atoms with Gasteiger partial charge in [-0.15, -0.1) is 0 Å². The number of nitrogens with two attached hydrogens (primary N) is 1. The van der Waals surface area contributed by atoms with Gasteiger partial charge in [0, 0.05) is 6.04 Å². The van der Waals surface area contributed by atoms with Crippen molar-refractivity contribution in [2.75, 3.05) is 10.7 Å². The highest BCUT2D eigenvalue weighted by Crippen LogP contribution is 2.29. The molecule has 1 rings (SSSR count). The highest BCUT2D eigenvalue weighted by atomic mass is 35.5. The van der Waals surface area contributed by atoms with E-state index in [1.54, 1.807) is 6.07 Å². The Kier molecular flexibility index (Phi) is 5.31. The number of nitrogens with one attached hydrogen (secondary N) is 2. The Bertz CT molecular complexity index is 382. The van der Waals surface area contributed by atoms with Gasteiger partial charge in [-0.2, -0.15) is 0 Å². The Morgan fingerprint density at radius 3 is 2.35 bits per heavy atom. The molecule has 6 heteroatoms. The molecule has 96 valence electrons. The maximum atomic E-state index is 6.06. The van der Waals surface area contributed by atoms with Crippen LogP contribution in [0, 0.1) is 5.92 Å². The summed E-state index contributed by atoms with van der Waals surface area (Å²) >= 11 is 12.0. The number of nitrogens with zero attached hydrogens (tertiary/aromatic N) is 1. The maximum absolute atomic E-state index is 6.06. The Balaban J connectivity index is 2.83. The van der Waals surface area contributed by atoms with Crippen LogP contribution in [0.15, 0.2) is 6.07 Å². The van der Waals surface area contributed by atoms with Gasteiger partial charge in [0.15, 0.2) is 5.82 Å². The zero-order chi connectivity index (χ0) is 13.0. The smallest absolute Gasteiger partial charge is 0.161 e. The van der Waals surface area contributed by atoms with Crippen LogP contribution in [0.25, 0.3) is 0 Å². The van der Waals surface area contributed by atoms with Crippen LogP contribution < -0.4 is 16.6 Å². The van der Waals surface area contributed by atoms with Crippen molar-refractivity contribution in [3.63, 3.8) is 0 Å². The topological polar surface area (TPSA) is 63.0 Å². The molecule has 0 aliphatic rings. The summed E-state index contributed by atoms with van der Waals surface area (Å²) in [7, 11) is 0. The minimum atomic E-state index is 0.284. The molecule has 1 unspecified atom stereocenters. The largest absolute Gasteiger partial charge is 0.366 e. The molecule has 0 fully saturated rings. The number of halogens is 2. The molecule has 0 saturated carbocycles. The van der Waals surface area contributed by atoms with Crippen LogP contribution in [0.4, 0.5) is 11.6 Å². The second-order valence-electron chi connectivity index (χ2n) is 4.47. The van der Waals surface area contributed by atoms with E-state index in [1.807, 2.05) is 0 Å². The second-order valence-corrected chi connectivity index (χ2v) is 5.28. The fourth-order valence-corrected chi connectivity index (χ4v) is 2.14. The first-order valence-corrected chi connectivity index (χ1v) is 6.28. The molecule has 0 saturated heterocycles. The minimum Gasteiger partial charge on any atom is -0.366 e. The minimum absolute atomic E-state index is 0.284. The third kappa shape index (κ3) is 4.22. The summed E-state index contributed by atoms with van der Waals surface area (Å²) in [6.45, 7) is 6.42. The summed E-state index contributed by atoms with van der Waals surface area (Å²) in [5.74, 6) is 6.93. The van der Waals surface area contributed by atoms with E-state index in [1.165, 1.54) is 0 Å². The van der Waals surface area contributed by atoms with Gasteiger partial charge in [-0.3, -0.25) is 0 Å². The fraction of sp³-hybridized carbons (Fsp3) is 0.545. The van der Waals surface area contributed by atoms with Crippen LogP contribution in [-0.4, -0.2) is 11.0 Å². The molecule has 4 nitrogen and oxygen atoms in total. The summed E-state index contributed by atoms with van der Waals surface area (Å²) in [5.41, 5.74) is 2.44. The predicted octanol–water partition coefficient (Wildman–Crippen LogP) is 3.52. The van der Waals surface area contributed by atoms with Gasteiger partial charge in [-0.05, 0) is 25.3 Å². The van der Waals surface area contributed by atoms with Crippen molar-refractivity contribution in [3.05, 3.63) is 16.1 Å². The Labute approximate surface area is 112 Å². The van der Waals surface area contributed by atoms with E-state index >= 15 is 0 Å². The van der Waals surface area contributed by atoms with Crippen molar-refractivity contribution in [3.8, 4) is 0 Å². The summed E-state index contributed by atoms with van der Waals surface area (Å²) in [6, 6.07) is 1.90. The van der Waals surface area contributed by atoms with E-state index in [-0.39, 0.29) is 6.04 Å². The van der Waals surface area contributed by atoms with Crippen LogP contribution in [-0.2, 0) is 0 Å². The summed E-state index contributed by atoms with van der Waals surface area (Å²) < 4.78 is 0. The van der Waals surface area contributed by atoms with Crippen molar-refractivity contribution in [2.24, 2.45) is 11.8 Å². The van der Waals surface area contributed by atoms with Crippen LogP contribution in [0.5, 0.6) is 0 Å². The number of anilines is 2. The number of pyridine rings is 1. The molecule has 0 aliphatic heterocycles. The van der Waals surface area contributed by atoms with Gasteiger partial charge < -0.3 is 10.7 Å². The van der Waals surface area contributed by atoms with E-state index < -0.39 is 0 Å². The van der Waals surface area contributed by atoms with E-state index in [9.17, 15) is 0 Å². The first-order chi connectivity index (χ1) is 7.93. The molecular formula is C11H18Cl2N4. The summed E-state index contributed by atoms with van der Waals surface area (Å²) in [6.07, 6.45) is 1.03. The average Bonchev–Trinajstić information content (AvgIpc) is 2.20. The Hall–Kier alpha value is -0.710. The molecule has 0 aromatic carbocycles. The molecule has 1 atom stereocenters. The first-order valence-electron chi connectivity index (χ1n) is 5.53. The number of hydrogen-bond acceptors (Lipinski definition) is 4. The normalized spacial score (nSPS) is 12.6. The van der Waals surface area contributed by atoms with Gasteiger partial charge in [-0.25, -0.2) is 10.8 Å². The summed E-state index contributed by atoms with van der Waals surface area (Å²) in [5, 5.41) is 4.14. The fourth-order valence-electron chi connectivity index (χ4n) is 1.67. The Morgan fingerprint density at radius 2 is 1.82 bits per heavy atom. The molecule has 0 amide bonds. The van der Waals surface area contributed by atoms with Gasteiger partial charge in [0.1, 0.15) is 5.82 Å². The van der Waals surface area contributed by atoms with Crippen molar-refractivity contribution < 1.29 is 0 Å². The number of hydrogen-bond donors (Lipinski definition) is 3. The highest BCUT2D eigenvalue weighted by Gasteiger charge is 2.11. The number of aromatic nitrogens is 1. The third-order valence-corrected chi connectivity index (χ3v) is 2.85. The Morgan fingerprint density at radius 1 is 1.24 bits per heavy atom. The van der Waals surface area contributed by atoms with E-state index in [2.05, 4.69) is 36.5 Å². The molecule has 1 aromatic rings. The zero-order valence-corrected chi connectivity index (χ0v) is 11.7. The van der Waals surface area contributed by atoms with Crippen LogP contribution in [0.1, 0.15) is 27.2 Å². The molecule has 0 aliphatic carbocycles. The van der Waals surface area contributed by atoms with Crippen LogP contribution in [0.2, 0.25) is 10.0 Å². The molecule has 0 bridgehead atoms. The molecule has 1 aromatic heterocycles. The molecule has 17 heavy (non-hydrogen) atoms. The van der Waals surface area contributed by atoms with Crippen molar-refractivity contribution in [1.29, 1.82) is 0 Å². The quantitative estimate of drug-likeness (QED) is 0.569. The average molecular weight is 277 g/mol. The van der Waals surface area contributed by atoms with E-state index in [4.69, 9.17) is 29.0 Å². The third-order valence-electron chi connectivity index (χ3n) is 2.27. The molecule has 0 spiro atoms. The van der Waals surface area contributed by atoms with Gasteiger partial charge in [0.05, 0.1) is 10.0 Å². The van der Waals surface area contributed by atoms with E-state index in [0.29, 0.717) is 27.6 Å². The highest BCUT2D eigenvalue weighted by molar-refractivity contribution is 6.37. The molecule has 4 N–H and O–H groups in total. The van der Waals surface area contributed by atoms with Gasteiger partial charge in [0.2, 0.25) is 0 Å². The zero-order valence-electron chi connectivity index (χ0n) is 10.2. The number of hydrazine groups is 1. The number of nitrogen functional groups attached to an aromatic ring is 1.